The molecule has 176 valence electrons. The maximum Gasteiger partial charge on any atom is 0.193 e. The smallest absolute Gasteiger partial charge is 0.193 e. The molecule has 0 amide bonds. The Balaban J connectivity index is 0.00000265. The molecule has 0 saturated heterocycles. The third kappa shape index (κ3) is 6.68. The van der Waals surface area contributed by atoms with Crippen LogP contribution in [0.4, 0.5) is 5.69 Å². The van der Waals surface area contributed by atoms with E-state index >= 15 is 0 Å². The Labute approximate surface area is 202 Å². The molecule has 0 aromatic heterocycles. The summed E-state index contributed by atoms with van der Waals surface area (Å²) in [4.78, 5) is 15.5. The van der Waals surface area contributed by atoms with Crippen molar-refractivity contribution in [3.8, 4) is 0 Å². The van der Waals surface area contributed by atoms with Crippen LogP contribution in [0.25, 0.3) is 0 Å². The largest absolute Gasteiger partial charge is 0.342 e. The zero-order chi connectivity index (χ0) is 24.8. The minimum absolute atomic E-state index is 0.00417. The zero-order valence-corrected chi connectivity index (χ0v) is 21.4. The standard InChI is InChI=1S/C29H35NO.C2H6/c1-7-13-15-20-27-24(9-3)25(10-4)29(31)26(11-5)28(27)21-22(8-2)30(12-6)23-18-16-14-17-19-23;1-2/h8-11,14,16-21H,3-4,7,12-13,15H2,1-2,5-6H3;1-2H3/b22-8+,26-11-,27-20-,28-21+;. The molecule has 1 aliphatic rings. The van der Waals surface area contributed by atoms with Gasteiger partial charge in [0.2, 0.25) is 0 Å². The van der Waals surface area contributed by atoms with Crippen LogP contribution in [-0.4, -0.2) is 12.3 Å². The molecule has 1 aromatic rings. The van der Waals surface area contributed by atoms with Crippen molar-refractivity contribution in [2.24, 2.45) is 0 Å². The number of benzene rings is 1. The topological polar surface area (TPSA) is 20.3 Å². The summed E-state index contributed by atoms with van der Waals surface area (Å²) >= 11 is 0. The van der Waals surface area contributed by atoms with E-state index in [1.54, 1.807) is 12.2 Å². The minimum atomic E-state index is 0.00417. The van der Waals surface area contributed by atoms with Crippen LogP contribution in [0, 0.1) is 0 Å². The summed E-state index contributed by atoms with van der Waals surface area (Å²) in [5, 5.41) is 0. The summed E-state index contributed by atoms with van der Waals surface area (Å²) in [5.41, 5.74) is 6.41. The molecule has 0 N–H and O–H groups in total. The van der Waals surface area contributed by atoms with E-state index < -0.39 is 0 Å². The van der Waals surface area contributed by atoms with E-state index in [0.29, 0.717) is 11.1 Å². The van der Waals surface area contributed by atoms with Crippen molar-refractivity contribution in [1.29, 1.82) is 0 Å². The van der Waals surface area contributed by atoms with E-state index in [4.69, 9.17) is 0 Å². The van der Waals surface area contributed by atoms with E-state index in [2.05, 4.69) is 62.3 Å². The molecule has 0 fully saturated rings. The van der Waals surface area contributed by atoms with Crippen LogP contribution in [0.15, 0.2) is 114 Å². The van der Waals surface area contributed by atoms with Gasteiger partial charge in [-0.25, -0.2) is 0 Å². The van der Waals surface area contributed by atoms with Crippen LogP contribution >= 0.6 is 0 Å². The first kappa shape index (κ1) is 27.9. The molecule has 0 bridgehead atoms. The van der Waals surface area contributed by atoms with Gasteiger partial charge in [-0.15, -0.1) is 0 Å². The summed E-state index contributed by atoms with van der Waals surface area (Å²) in [6.07, 6.45) is 15.0. The molecule has 33 heavy (non-hydrogen) atoms. The summed E-state index contributed by atoms with van der Waals surface area (Å²) in [5.74, 6) is 0.00417. The van der Waals surface area contributed by atoms with Gasteiger partial charge in [0.1, 0.15) is 0 Å². The van der Waals surface area contributed by atoms with E-state index in [9.17, 15) is 4.79 Å². The first-order valence-electron chi connectivity index (χ1n) is 12.2. The molecular formula is C31H41NO. The third-order valence-corrected chi connectivity index (χ3v) is 5.54. The first-order valence-corrected chi connectivity index (χ1v) is 12.2. The van der Waals surface area contributed by atoms with Crippen molar-refractivity contribution in [2.45, 2.75) is 60.8 Å². The summed E-state index contributed by atoms with van der Waals surface area (Å²) in [7, 11) is 0. The fraction of sp³-hybridized carbons (Fsp3) is 0.323. The number of rotatable bonds is 9. The number of ketones is 1. The highest BCUT2D eigenvalue weighted by atomic mass is 16.1. The second kappa shape index (κ2) is 14.8. The molecule has 0 heterocycles. The number of unbranched alkanes of at least 4 members (excludes halogenated alkanes) is 2. The van der Waals surface area contributed by atoms with Gasteiger partial charge in [-0.1, -0.05) is 95.3 Å². The molecule has 0 unspecified atom stereocenters. The lowest BCUT2D eigenvalue weighted by molar-refractivity contribution is -0.111. The molecule has 0 aliphatic heterocycles. The lowest BCUT2D eigenvalue weighted by atomic mass is 9.78. The van der Waals surface area contributed by atoms with Crippen LogP contribution in [0.1, 0.15) is 60.8 Å². The lowest BCUT2D eigenvalue weighted by Gasteiger charge is -2.28. The van der Waals surface area contributed by atoms with Gasteiger partial charge < -0.3 is 4.90 Å². The van der Waals surface area contributed by atoms with Gasteiger partial charge in [0.15, 0.2) is 5.78 Å². The van der Waals surface area contributed by atoms with Gasteiger partial charge in [0.05, 0.1) is 0 Å². The number of hydrogen-bond donors (Lipinski definition) is 0. The Hall–Kier alpha value is -3.13. The van der Waals surface area contributed by atoms with Crippen molar-refractivity contribution >= 4 is 11.5 Å². The van der Waals surface area contributed by atoms with Gasteiger partial charge in [-0.05, 0) is 62.1 Å². The molecule has 2 nitrogen and oxygen atoms in total. The Morgan fingerprint density at radius 1 is 0.939 bits per heavy atom. The Morgan fingerprint density at radius 2 is 1.58 bits per heavy atom. The number of hydrogen-bond acceptors (Lipinski definition) is 2. The predicted molar refractivity (Wildman–Crippen MR) is 146 cm³/mol. The maximum absolute atomic E-state index is 13.3. The number of allylic oxidation sites excluding steroid dienone is 11. The molecule has 1 aromatic carbocycles. The first-order chi connectivity index (χ1) is 16.1. The predicted octanol–water partition coefficient (Wildman–Crippen LogP) is 8.68. The molecule has 2 rings (SSSR count). The van der Waals surface area contributed by atoms with Crippen molar-refractivity contribution in [2.75, 3.05) is 11.4 Å². The van der Waals surface area contributed by atoms with E-state index in [1.807, 2.05) is 52.0 Å². The summed E-state index contributed by atoms with van der Waals surface area (Å²) in [6, 6.07) is 10.3. The molecule has 0 spiro atoms. The monoisotopic (exact) mass is 443 g/mol. The number of para-hydroxylation sites is 1. The average molecular weight is 444 g/mol. The average Bonchev–Trinajstić information content (AvgIpc) is 2.86. The molecular weight excluding hydrogens is 402 g/mol. The van der Waals surface area contributed by atoms with Crippen LogP contribution in [0.5, 0.6) is 0 Å². The molecule has 0 atom stereocenters. The molecule has 0 saturated carbocycles. The quantitative estimate of drug-likeness (QED) is 0.281. The number of anilines is 1. The van der Waals surface area contributed by atoms with Gasteiger partial charge >= 0.3 is 0 Å². The second-order valence-electron chi connectivity index (χ2n) is 7.38. The number of likely N-dealkylation sites (N-methyl/N-ethyl adjacent to an activating group) is 1. The van der Waals surface area contributed by atoms with Crippen molar-refractivity contribution in [3.05, 3.63) is 114 Å². The normalized spacial score (nSPS) is 17.8. The van der Waals surface area contributed by atoms with Gasteiger partial charge in [-0.2, -0.15) is 0 Å². The van der Waals surface area contributed by atoms with E-state index in [0.717, 1.165) is 53.9 Å². The highest BCUT2D eigenvalue weighted by Gasteiger charge is 2.29. The minimum Gasteiger partial charge on any atom is -0.342 e. The second-order valence-corrected chi connectivity index (χ2v) is 7.38. The molecule has 2 heteroatoms. The van der Waals surface area contributed by atoms with Crippen molar-refractivity contribution < 1.29 is 4.79 Å². The number of nitrogens with zero attached hydrogens (tertiary/aromatic N) is 1. The zero-order valence-electron chi connectivity index (χ0n) is 21.4. The SMILES string of the molecule is C=CC1=C(C=C)C(=C/CCCC)/C(=C/C(=C\C)N(CC)c2ccccc2)C(=C/C)/C1=O.CC. The number of carbonyl (C=O) groups excluding carboxylic acids is 1. The van der Waals surface area contributed by atoms with Crippen molar-refractivity contribution in [3.63, 3.8) is 0 Å². The van der Waals surface area contributed by atoms with Crippen LogP contribution in [0.2, 0.25) is 0 Å². The summed E-state index contributed by atoms with van der Waals surface area (Å²) < 4.78 is 0. The Morgan fingerprint density at radius 3 is 2.06 bits per heavy atom. The maximum atomic E-state index is 13.3. The van der Waals surface area contributed by atoms with Crippen molar-refractivity contribution in [1.82, 2.24) is 0 Å². The molecule has 1 aliphatic carbocycles. The van der Waals surface area contributed by atoms with Gasteiger partial charge in [-0.3, -0.25) is 4.79 Å². The Bertz CT molecular complexity index is 967. The highest BCUT2D eigenvalue weighted by molar-refractivity contribution is 6.17. The van der Waals surface area contributed by atoms with Crippen LogP contribution in [0.3, 0.4) is 0 Å². The lowest BCUT2D eigenvalue weighted by Crippen LogP contribution is -2.23. The highest BCUT2D eigenvalue weighted by Crippen LogP contribution is 2.38. The van der Waals surface area contributed by atoms with E-state index in [1.165, 1.54) is 0 Å². The number of carbonyl (C=O) groups is 1. The fourth-order valence-corrected chi connectivity index (χ4v) is 3.95. The fourth-order valence-electron chi connectivity index (χ4n) is 3.95. The number of Topliss-reactive ketones (excluding diaryl/α,β-unsaturated/α-hetero) is 1. The van der Waals surface area contributed by atoms with E-state index in [-0.39, 0.29) is 5.78 Å². The molecule has 0 radical (unpaired) electrons. The van der Waals surface area contributed by atoms with Crippen LogP contribution in [-0.2, 0) is 4.79 Å². The Kier molecular flexibility index (Phi) is 12.5. The van der Waals surface area contributed by atoms with Crippen LogP contribution < -0.4 is 4.90 Å². The third-order valence-electron chi connectivity index (χ3n) is 5.54. The van der Waals surface area contributed by atoms with Gasteiger partial charge in [0.25, 0.3) is 0 Å². The summed E-state index contributed by atoms with van der Waals surface area (Å²) in [6.45, 7) is 21.0. The van der Waals surface area contributed by atoms with Gasteiger partial charge in [0, 0.05) is 29.1 Å².